The molecule has 0 spiro atoms. The van der Waals surface area contributed by atoms with Crippen LogP contribution in [-0.4, -0.2) is 25.7 Å². The van der Waals surface area contributed by atoms with Crippen molar-refractivity contribution in [3.05, 3.63) is 106 Å². The van der Waals surface area contributed by atoms with Crippen LogP contribution in [0.4, 0.5) is 5.69 Å². The van der Waals surface area contributed by atoms with Gasteiger partial charge in [-0.3, -0.25) is 14.9 Å². The normalized spacial score (nSPS) is 10.6. The zero-order valence-corrected chi connectivity index (χ0v) is 14.6. The van der Waals surface area contributed by atoms with Crippen LogP contribution < -0.4 is 0 Å². The van der Waals surface area contributed by atoms with Crippen LogP contribution in [0.25, 0.3) is 16.9 Å². The summed E-state index contributed by atoms with van der Waals surface area (Å²) in [5, 5.41) is 20.1. The Morgan fingerprint density at radius 1 is 0.821 bits per heavy atom. The zero-order chi connectivity index (χ0) is 19.5. The molecule has 1 aromatic heterocycles. The van der Waals surface area contributed by atoms with Crippen molar-refractivity contribution in [1.82, 2.24) is 15.0 Å². The molecule has 3 aromatic carbocycles. The van der Waals surface area contributed by atoms with E-state index in [0.717, 1.165) is 4.80 Å². The van der Waals surface area contributed by atoms with E-state index in [0.29, 0.717) is 16.8 Å². The summed E-state index contributed by atoms with van der Waals surface area (Å²) in [6.07, 6.45) is 0. The van der Waals surface area contributed by atoms with Crippen molar-refractivity contribution in [3.8, 4) is 16.9 Å². The highest BCUT2D eigenvalue weighted by Gasteiger charge is 2.24. The largest absolute Gasteiger partial charge is 0.296 e. The smallest absolute Gasteiger partial charge is 0.287 e. The maximum absolute atomic E-state index is 13.1. The topological polar surface area (TPSA) is 90.9 Å². The van der Waals surface area contributed by atoms with Crippen molar-refractivity contribution in [1.29, 1.82) is 0 Å². The lowest BCUT2D eigenvalue weighted by molar-refractivity contribution is -0.384. The van der Waals surface area contributed by atoms with Gasteiger partial charge < -0.3 is 0 Å². The number of ketones is 1. The average Bonchev–Trinajstić information content (AvgIpc) is 3.20. The molecule has 136 valence electrons. The minimum absolute atomic E-state index is 0.135. The molecule has 0 atom stereocenters. The summed E-state index contributed by atoms with van der Waals surface area (Å²) in [7, 11) is 0. The predicted octanol–water partition coefficient (Wildman–Crippen LogP) is 4.07. The van der Waals surface area contributed by atoms with E-state index in [-0.39, 0.29) is 22.9 Å². The molecule has 7 heteroatoms. The van der Waals surface area contributed by atoms with E-state index in [1.165, 1.54) is 6.07 Å². The zero-order valence-electron chi connectivity index (χ0n) is 14.6. The number of hydrogen-bond donors (Lipinski definition) is 0. The molecule has 4 rings (SSSR count). The van der Waals surface area contributed by atoms with Crippen LogP contribution in [0, 0.1) is 10.1 Å². The van der Waals surface area contributed by atoms with Crippen LogP contribution in [0.3, 0.4) is 0 Å². The molecule has 1 heterocycles. The first-order valence-corrected chi connectivity index (χ1v) is 8.51. The second kappa shape index (κ2) is 7.24. The number of benzene rings is 3. The maximum atomic E-state index is 13.1. The molecule has 0 aliphatic carbocycles. The molecule has 0 unspecified atom stereocenters. The van der Waals surface area contributed by atoms with E-state index < -0.39 is 4.92 Å². The summed E-state index contributed by atoms with van der Waals surface area (Å²) in [5.41, 5.74) is 1.72. The second-order valence-corrected chi connectivity index (χ2v) is 5.99. The van der Waals surface area contributed by atoms with Gasteiger partial charge in [0.05, 0.1) is 4.92 Å². The number of carbonyl (C=O) groups excluding carboxylic acids is 1. The van der Waals surface area contributed by atoms with E-state index in [4.69, 9.17) is 0 Å². The van der Waals surface area contributed by atoms with Crippen molar-refractivity contribution in [2.24, 2.45) is 0 Å². The lowest BCUT2D eigenvalue weighted by Crippen LogP contribution is -2.06. The van der Waals surface area contributed by atoms with Crippen LogP contribution in [0.2, 0.25) is 0 Å². The SMILES string of the molecule is O=C(c1ccccc1)c1nn(-c2ccccc2[N+](=O)[O-])nc1-c1ccccc1. The number of rotatable bonds is 5. The molecule has 0 amide bonds. The van der Waals surface area contributed by atoms with E-state index >= 15 is 0 Å². The molecule has 4 aromatic rings. The highest BCUT2D eigenvalue weighted by Crippen LogP contribution is 2.26. The summed E-state index contributed by atoms with van der Waals surface area (Å²) in [6.45, 7) is 0. The lowest BCUT2D eigenvalue weighted by atomic mass is 10.0. The van der Waals surface area contributed by atoms with Crippen molar-refractivity contribution < 1.29 is 9.72 Å². The van der Waals surface area contributed by atoms with Gasteiger partial charge in [-0.25, -0.2) is 0 Å². The quantitative estimate of drug-likeness (QED) is 0.300. The van der Waals surface area contributed by atoms with Gasteiger partial charge in [0.25, 0.3) is 5.69 Å². The Labute approximate surface area is 160 Å². The molecule has 0 N–H and O–H groups in total. The standard InChI is InChI=1S/C21H14N4O3/c26-21(16-11-5-2-6-12-16)20-19(15-9-3-1-4-10-15)22-24(23-20)17-13-7-8-14-18(17)25(27)28/h1-14H. The lowest BCUT2D eigenvalue weighted by Gasteiger charge is -2.00. The Kier molecular flexibility index (Phi) is 4.47. The monoisotopic (exact) mass is 370 g/mol. The van der Waals surface area contributed by atoms with Crippen molar-refractivity contribution in [2.45, 2.75) is 0 Å². The second-order valence-electron chi connectivity index (χ2n) is 5.99. The van der Waals surface area contributed by atoms with Gasteiger partial charge >= 0.3 is 0 Å². The summed E-state index contributed by atoms with van der Waals surface area (Å²) >= 11 is 0. The molecule has 0 saturated carbocycles. The number of hydrogen-bond acceptors (Lipinski definition) is 5. The van der Waals surface area contributed by atoms with Crippen molar-refractivity contribution >= 4 is 11.5 Å². The van der Waals surface area contributed by atoms with Crippen molar-refractivity contribution in [3.63, 3.8) is 0 Å². The Balaban J connectivity index is 1.91. The molecule has 0 fully saturated rings. The molecule has 0 radical (unpaired) electrons. The third-order valence-corrected chi connectivity index (χ3v) is 4.21. The number of nitrogens with zero attached hydrogens (tertiary/aromatic N) is 4. The van der Waals surface area contributed by atoms with Crippen LogP contribution in [0.15, 0.2) is 84.9 Å². The van der Waals surface area contributed by atoms with E-state index in [1.807, 2.05) is 36.4 Å². The fourth-order valence-electron chi connectivity index (χ4n) is 2.87. The number of nitro groups is 1. The first-order valence-electron chi connectivity index (χ1n) is 8.51. The number of para-hydroxylation sites is 2. The summed E-state index contributed by atoms with van der Waals surface area (Å²) in [4.78, 5) is 25.1. The van der Waals surface area contributed by atoms with Gasteiger partial charge in [-0.1, -0.05) is 72.8 Å². The first-order chi connectivity index (χ1) is 13.6. The van der Waals surface area contributed by atoms with Gasteiger partial charge in [0.1, 0.15) is 5.69 Å². The van der Waals surface area contributed by atoms with Crippen molar-refractivity contribution in [2.75, 3.05) is 0 Å². The summed E-state index contributed by atoms with van der Waals surface area (Å²) < 4.78 is 0. The van der Waals surface area contributed by atoms with E-state index in [1.54, 1.807) is 42.5 Å². The Bertz CT molecular complexity index is 1150. The minimum atomic E-state index is -0.500. The maximum Gasteiger partial charge on any atom is 0.296 e. The molecule has 0 saturated heterocycles. The Morgan fingerprint density at radius 2 is 1.43 bits per heavy atom. The van der Waals surface area contributed by atoms with E-state index in [2.05, 4.69) is 10.2 Å². The highest BCUT2D eigenvalue weighted by molar-refractivity contribution is 6.10. The minimum Gasteiger partial charge on any atom is -0.287 e. The fourth-order valence-corrected chi connectivity index (χ4v) is 2.87. The number of nitro benzene ring substituents is 1. The van der Waals surface area contributed by atoms with Gasteiger partial charge in [0, 0.05) is 17.2 Å². The first kappa shape index (κ1) is 17.3. The molecule has 7 nitrogen and oxygen atoms in total. The van der Waals surface area contributed by atoms with Crippen LogP contribution in [0.1, 0.15) is 16.1 Å². The molecule has 28 heavy (non-hydrogen) atoms. The predicted molar refractivity (Wildman–Crippen MR) is 103 cm³/mol. The average molecular weight is 370 g/mol. The highest BCUT2D eigenvalue weighted by atomic mass is 16.6. The fraction of sp³-hybridized carbons (Fsp3) is 0. The Hall–Kier alpha value is -4.13. The third-order valence-electron chi connectivity index (χ3n) is 4.21. The molecular formula is C21H14N4O3. The van der Waals surface area contributed by atoms with Gasteiger partial charge in [0.15, 0.2) is 11.4 Å². The van der Waals surface area contributed by atoms with Gasteiger partial charge in [-0.05, 0) is 6.07 Å². The molecule has 0 aliphatic rings. The summed E-state index contributed by atoms with van der Waals surface area (Å²) in [6, 6.07) is 24.0. The molecule has 0 bridgehead atoms. The number of aromatic nitrogens is 3. The van der Waals surface area contributed by atoms with Crippen LogP contribution in [0.5, 0.6) is 0 Å². The summed E-state index contributed by atoms with van der Waals surface area (Å²) in [5.74, 6) is -0.302. The third kappa shape index (κ3) is 3.16. The number of carbonyl (C=O) groups is 1. The van der Waals surface area contributed by atoms with E-state index in [9.17, 15) is 14.9 Å². The molecule has 0 aliphatic heterocycles. The Morgan fingerprint density at radius 3 is 2.11 bits per heavy atom. The van der Waals surface area contributed by atoms with Crippen LogP contribution in [-0.2, 0) is 0 Å². The van der Waals surface area contributed by atoms with Gasteiger partial charge in [-0.15, -0.1) is 15.0 Å². The van der Waals surface area contributed by atoms with Gasteiger partial charge in [0.2, 0.25) is 5.78 Å². The molecular weight excluding hydrogens is 356 g/mol. The van der Waals surface area contributed by atoms with Gasteiger partial charge in [-0.2, -0.15) is 0 Å². The van der Waals surface area contributed by atoms with Crippen LogP contribution >= 0.6 is 0 Å².